The lowest BCUT2D eigenvalue weighted by molar-refractivity contribution is -0.137. The van der Waals surface area contributed by atoms with Gasteiger partial charge in [-0.15, -0.1) is 0 Å². The van der Waals surface area contributed by atoms with E-state index in [9.17, 15) is 9.59 Å². The second kappa shape index (κ2) is 9.16. The number of benzene rings is 1. The third-order valence-electron chi connectivity index (χ3n) is 3.62. The quantitative estimate of drug-likeness (QED) is 0.733. The van der Waals surface area contributed by atoms with E-state index < -0.39 is 5.97 Å². The highest BCUT2D eigenvalue weighted by Crippen LogP contribution is 2.17. The maximum absolute atomic E-state index is 12.0. The molecular formula is C17H25NO3. The highest BCUT2D eigenvalue weighted by molar-refractivity contribution is 5.94. The number of aliphatic carboxylic acids is 1. The monoisotopic (exact) mass is 291 g/mol. The van der Waals surface area contributed by atoms with Crippen molar-refractivity contribution in [2.45, 2.75) is 46.0 Å². The van der Waals surface area contributed by atoms with Gasteiger partial charge in [-0.05, 0) is 37.8 Å². The van der Waals surface area contributed by atoms with Gasteiger partial charge in [-0.3, -0.25) is 9.59 Å². The number of carbonyl (C=O) groups is 2. The second-order valence-corrected chi connectivity index (χ2v) is 5.50. The molecule has 1 aromatic rings. The van der Waals surface area contributed by atoms with Gasteiger partial charge in [-0.2, -0.15) is 0 Å². The van der Waals surface area contributed by atoms with Crippen LogP contribution in [0, 0.1) is 12.8 Å². The minimum atomic E-state index is -0.750. The van der Waals surface area contributed by atoms with Gasteiger partial charge in [0.15, 0.2) is 0 Å². The minimum Gasteiger partial charge on any atom is -0.481 e. The summed E-state index contributed by atoms with van der Waals surface area (Å²) in [6.45, 7) is 4.68. The summed E-state index contributed by atoms with van der Waals surface area (Å²) in [4.78, 5) is 22.6. The molecule has 2 N–H and O–H groups in total. The first-order valence-electron chi connectivity index (χ1n) is 7.59. The summed E-state index contributed by atoms with van der Waals surface area (Å²) < 4.78 is 0. The Kier molecular flexibility index (Phi) is 7.51. The Labute approximate surface area is 126 Å². The molecule has 0 fully saturated rings. The Morgan fingerprint density at radius 3 is 2.38 bits per heavy atom. The summed E-state index contributed by atoms with van der Waals surface area (Å²) in [5.41, 5.74) is 1.79. The van der Waals surface area contributed by atoms with Crippen LogP contribution in [0.1, 0.15) is 54.9 Å². The molecule has 0 radical (unpaired) electrons. The van der Waals surface area contributed by atoms with E-state index in [0.29, 0.717) is 24.4 Å². The maximum atomic E-state index is 12.0. The van der Waals surface area contributed by atoms with Crippen molar-refractivity contribution in [3.8, 4) is 0 Å². The van der Waals surface area contributed by atoms with Crippen molar-refractivity contribution in [3.05, 3.63) is 35.4 Å². The molecule has 21 heavy (non-hydrogen) atoms. The molecule has 116 valence electrons. The lowest BCUT2D eigenvalue weighted by Gasteiger charge is -2.15. The molecule has 0 heterocycles. The fourth-order valence-electron chi connectivity index (χ4n) is 2.37. The van der Waals surface area contributed by atoms with Crippen LogP contribution in [-0.2, 0) is 4.79 Å². The van der Waals surface area contributed by atoms with E-state index in [-0.39, 0.29) is 12.3 Å². The van der Waals surface area contributed by atoms with Gasteiger partial charge in [0.2, 0.25) is 0 Å². The molecule has 0 aliphatic carbocycles. The zero-order valence-corrected chi connectivity index (χ0v) is 12.9. The molecule has 1 atom stereocenters. The first-order chi connectivity index (χ1) is 10.0. The molecule has 0 saturated carbocycles. The van der Waals surface area contributed by atoms with Gasteiger partial charge in [0.1, 0.15) is 0 Å². The SMILES string of the molecule is CCCC(CCNC(=O)c1ccc(C)cc1)CCC(=O)O. The van der Waals surface area contributed by atoms with E-state index in [0.717, 1.165) is 24.8 Å². The minimum absolute atomic E-state index is 0.0662. The summed E-state index contributed by atoms with van der Waals surface area (Å²) in [5.74, 6) is -0.451. The largest absolute Gasteiger partial charge is 0.481 e. The maximum Gasteiger partial charge on any atom is 0.303 e. The highest BCUT2D eigenvalue weighted by atomic mass is 16.4. The molecule has 0 aromatic heterocycles. The van der Waals surface area contributed by atoms with E-state index in [4.69, 9.17) is 5.11 Å². The fraction of sp³-hybridized carbons (Fsp3) is 0.529. The van der Waals surface area contributed by atoms with Crippen molar-refractivity contribution in [2.24, 2.45) is 5.92 Å². The van der Waals surface area contributed by atoms with Gasteiger partial charge >= 0.3 is 5.97 Å². The van der Waals surface area contributed by atoms with Crippen molar-refractivity contribution in [1.29, 1.82) is 0 Å². The zero-order chi connectivity index (χ0) is 15.7. The highest BCUT2D eigenvalue weighted by Gasteiger charge is 2.11. The van der Waals surface area contributed by atoms with E-state index in [1.54, 1.807) is 0 Å². The normalized spacial score (nSPS) is 11.9. The first-order valence-corrected chi connectivity index (χ1v) is 7.59. The third kappa shape index (κ3) is 6.93. The molecule has 1 rings (SSSR count). The number of aryl methyl sites for hydroxylation is 1. The molecule has 0 aliphatic heterocycles. The predicted molar refractivity (Wildman–Crippen MR) is 83.4 cm³/mol. The van der Waals surface area contributed by atoms with Crippen LogP contribution in [0.5, 0.6) is 0 Å². The van der Waals surface area contributed by atoms with Gasteiger partial charge in [-0.25, -0.2) is 0 Å². The lowest BCUT2D eigenvalue weighted by atomic mass is 9.94. The van der Waals surface area contributed by atoms with Gasteiger partial charge in [-0.1, -0.05) is 37.5 Å². The molecule has 4 heteroatoms. The van der Waals surface area contributed by atoms with E-state index in [1.165, 1.54) is 0 Å². The second-order valence-electron chi connectivity index (χ2n) is 5.50. The number of hydrogen-bond donors (Lipinski definition) is 2. The summed E-state index contributed by atoms with van der Waals surface area (Å²) in [6.07, 6.45) is 3.77. The van der Waals surface area contributed by atoms with Crippen LogP contribution in [0.3, 0.4) is 0 Å². The van der Waals surface area contributed by atoms with Gasteiger partial charge < -0.3 is 10.4 Å². The summed E-state index contributed by atoms with van der Waals surface area (Å²) >= 11 is 0. The van der Waals surface area contributed by atoms with Gasteiger partial charge in [0.25, 0.3) is 5.91 Å². The van der Waals surface area contributed by atoms with Crippen molar-refractivity contribution >= 4 is 11.9 Å². The topological polar surface area (TPSA) is 66.4 Å². The molecule has 1 unspecified atom stereocenters. The average molecular weight is 291 g/mol. The van der Waals surface area contributed by atoms with E-state index in [1.807, 2.05) is 31.2 Å². The molecular weight excluding hydrogens is 266 g/mol. The zero-order valence-electron chi connectivity index (χ0n) is 12.9. The molecule has 1 amide bonds. The molecule has 1 aromatic carbocycles. The Hall–Kier alpha value is -1.84. The number of carboxylic acids is 1. The lowest BCUT2D eigenvalue weighted by Crippen LogP contribution is -2.26. The predicted octanol–water partition coefficient (Wildman–Crippen LogP) is 3.40. The first kappa shape index (κ1) is 17.2. The summed E-state index contributed by atoms with van der Waals surface area (Å²) in [6, 6.07) is 7.47. The van der Waals surface area contributed by atoms with Gasteiger partial charge in [0.05, 0.1) is 0 Å². The van der Waals surface area contributed by atoms with Crippen LogP contribution < -0.4 is 5.32 Å². The molecule has 0 aliphatic rings. The number of amides is 1. The van der Waals surface area contributed by atoms with Crippen molar-refractivity contribution in [1.82, 2.24) is 5.32 Å². The molecule has 0 bridgehead atoms. The molecule has 4 nitrogen and oxygen atoms in total. The van der Waals surface area contributed by atoms with Crippen LogP contribution in [-0.4, -0.2) is 23.5 Å². The molecule has 0 saturated heterocycles. The van der Waals surface area contributed by atoms with Crippen molar-refractivity contribution in [2.75, 3.05) is 6.54 Å². The van der Waals surface area contributed by atoms with Crippen LogP contribution in [0.15, 0.2) is 24.3 Å². The fourth-order valence-corrected chi connectivity index (χ4v) is 2.37. The number of nitrogens with one attached hydrogen (secondary N) is 1. The van der Waals surface area contributed by atoms with Crippen LogP contribution in [0.25, 0.3) is 0 Å². The van der Waals surface area contributed by atoms with Crippen molar-refractivity contribution in [3.63, 3.8) is 0 Å². The Morgan fingerprint density at radius 2 is 1.81 bits per heavy atom. The Balaban J connectivity index is 2.36. The van der Waals surface area contributed by atoms with E-state index in [2.05, 4.69) is 12.2 Å². The van der Waals surface area contributed by atoms with E-state index >= 15 is 0 Å². The number of rotatable bonds is 9. The number of hydrogen-bond acceptors (Lipinski definition) is 2. The van der Waals surface area contributed by atoms with Gasteiger partial charge in [0, 0.05) is 18.5 Å². The van der Waals surface area contributed by atoms with Crippen LogP contribution >= 0.6 is 0 Å². The summed E-state index contributed by atoms with van der Waals surface area (Å²) in [5, 5.41) is 11.7. The van der Waals surface area contributed by atoms with Crippen LogP contribution in [0.4, 0.5) is 0 Å². The standard InChI is InChI=1S/C17H25NO3/c1-3-4-14(7-10-16(19)20)11-12-18-17(21)15-8-5-13(2)6-9-15/h5-6,8-9,14H,3-4,7,10-12H2,1-2H3,(H,18,21)(H,19,20). The summed E-state index contributed by atoms with van der Waals surface area (Å²) in [7, 11) is 0. The number of carbonyl (C=O) groups excluding carboxylic acids is 1. The van der Waals surface area contributed by atoms with Crippen molar-refractivity contribution < 1.29 is 14.7 Å². The third-order valence-corrected chi connectivity index (χ3v) is 3.62. The molecule has 0 spiro atoms. The smallest absolute Gasteiger partial charge is 0.303 e. The van der Waals surface area contributed by atoms with Crippen LogP contribution in [0.2, 0.25) is 0 Å². The average Bonchev–Trinajstić information content (AvgIpc) is 2.45. The number of carboxylic acid groups (broad SMARTS) is 1. The Bertz CT molecular complexity index is 454. The Morgan fingerprint density at radius 1 is 1.14 bits per heavy atom.